The van der Waals surface area contributed by atoms with Crippen LogP contribution in [0.4, 0.5) is 0 Å². The van der Waals surface area contributed by atoms with Crippen molar-refractivity contribution in [3.8, 4) is 0 Å². The highest BCUT2D eigenvalue weighted by molar-refractivity contribution is 8.90. The van der Waals surface area contributed by atoms with Gasteiger partial charge >= 0.3 is 11.9 Å². The number of hydrogen-bond donors (Lipinski definition) is 3. The van der Waals surface area contributed by atoms with Gasteiger partial charge < -0.3 is 10.2 Å². The summed E-state index contributed by atoms with van der Waals surface area (Å²) < 4.78 is -3.65. The number of nitrogens with zero attached hydrogens (tertiary/aromatic N) is 3. The Labute approximate surface area is 138 Å². The predicted octanol–water partition coefficient (Wildman–Crippen LogP) is 3.14. The highest BCUT2D eigenvalue weighted by Crippen LogP contribution is 2.55. The summed E-state index contributed by atoms with van der Waals surface area (Å²) in [5.74, 6) is -2.68. The average molecular weight is 395 g/mol. The fourth-order valence-corrected chi connectivity index (χ4v) is 9.04. The van der Waals surface area contributed by atoms with Gasteiger partial charge in [-0.05, 0) is 39.6 Å². The van der Waals surface area contributed by atoms with E-state index in [9.17, 15) is 14.7 Å². The van der Waals surface area contributed by atoms with Crippen LogP contribution in [-0.2, 0) is 9.59 Å². The molecule has 0 aliphatic rings. The molecular formula is C6H10N4O4S6. The molecule has 0 aromatic rings. The van der Waals surface area contributed by atoms with E-state index in [1.165, 1.54) is 0 Å². The number of hydrogen-bond acceptors (Lipinski definition) is 10. The molecule has 2 atom stereocenters. The first-order valence-electron chi connectivity index (χ1n) is 4.40. The topological polar surface area (TPSA) is 149 Å². The van der Waals surface area contributed by atoms with Gasteiger partial charge in [-0.3, -0.25) is 5.73 Å². The minimum Gasteiger partial charge on any atom is -0.479 e. The van der Waals surface area contributed by atoms with E-state index >= 15 is 0 Å². The quantitative estimate of drug-likeness (QED) is 0.165. The Bertz CT molecular complexity index is 416. The number of carbonyl (C=O) groups is 2. The Balaban J connectivity index is 5.22. The molecule has 2 unspecified atom stereocenters. The van der Waals surface area contributed by atoms with Crippen molar-refractivity contribution in [2.24, 2.45) is 10.8 Å². The summed E-state index contributed by atoms with van der Waals surface area (Å²) in [7, 11) is 5.12. The molecule has 0 amide bonds. The van der Waals surface area contributed by atoms with Crippen LogP contribution in [-0.4, -0.2) is 43.1 Å². The van der Waals surface area contributed by atoms with E-state index in [1.807, 2.05) is 0 Å². The maximum absolute atomic E-state index is 11.3. The number of carboxylic acids is 2. The van der Waals surface area contributed by atoms with E-state index in [1.54, 1.807) is 12.5 Å². The lowest BCUT2D eigenvalue weighted by Crippen LogP contribution is -2.41. The molecule has 0 aromatic heterocycles. The van der Waals surface area contributed by atoms with Crippen molar-refractivity contribution >= 4 is 76.7 Å². The molecule has 0 bridgehead atoms. The fourth-order valence-electron chi connectivity index (χ4n) is 0.660. The zero-order valence-corrected chi connectivity index (χ0v) is 15.0. The third-order valence-electron chi connectivity index (χ3n) is 1.43. The summed E-state index contributed by atoms with van der Waals surface area (Å²) in [4.78, 5) is 25.0. The monoisotopic (exact) mass is 394 g/mol. The maximum atomic E-state index is 11.3. The van der Waals surface area contributed by atoms with Crippen LogP contribution in [0.25, 0.3) is 10.4 Å². The van der Waals surface area contributed by atoms with Gasteiger partial charge in [0, 0.05) is 4.91 Å². The van der Waals surface area contributed by atoms with Crippen molar-refractivity contribution in [3.05, 3.63) is 10.4 Å². The number of azide groups is 1. The number of nitrogens with two attached hydrogens (primary N) is 1. The smallest absolute Gasteiger partial charge is 0.346 e. The third-order valence-corrected chi connectivity index (χ3v) is 10.2. The summed E-state index contributed by atoms with van der Waals surface area (Å²) in [5.41, 5.74) is 14.2. The second kappa shape index (κ2) is 9.35. The van der Waals surface area contributed by atoms with Crippen molar-refractivity contribution in [2.45, 2.75) is 8.41 Å². The zero-order valence-electron chi connectivity index (χ0n) is 10.1. The van der Waals surface area contributed by atoms with E-state index in [0.717, 1.165) is 43.2 Å². The fraction of sp³-hybridized carbons (Fsp3) is 0.667. The normalized spacial score (nSPS) is 16.6. The molecule has 0 heterocycles. The van der Waals surface area contributed by atoms with Crippen molar-refractivity contribution in [3.63, 3.8) is 0 Å². The standard InChI is InChI=1S/C6H10N4O4S6/c1-15-17-5(7,3(11)12)18-20-6(4(13)14,9-10-8)19-16-2/h7H2,1-2H3,(H,11,12)(H,13,14). The molecule has 0 saturated carbocycles. The van der Waals surface area contributed by atoms with Crippen LogP contribution in [0, 0.1) is 0 Å². The Hall–Kier alpha value is 0.310. The second-order valence-electron chi connectivity index (χ2n) is 2.72. The molecule has 8 nitrogen and oxygen atoms in total. The van der Waals surface area contributed by atoms with Gasteiger partial charge in [0.05, 0.1) is 0 Å². The molecule has 0 saturated heterocycles. The van der Waals surface area contributed by atoms with Gasteiger partial charge in [-0.15, -0.1) is 0 Å². The molecule has 0 rings (SSSR count). The first kappa shape index (κ1) is 20.3. The molecule has 0 spiro atoms. The first-order chi connectivity index (χ1) is 9.28. The lowest BCUT2D eigenvalue weighted by Gasteiger charge is -2.26. The largest absolute Gasteiger partial charge is 0.479 e. The predicted molar refractivity (Wildman–Crippen MR) is 91.5 cm³/mol. The molecule has 114 valence electrons. The third kappa shape index (κ3) is 5.60. The molecule has 0 aliphatic heterocycles. The lowest BCUT2D eigenvalue weighted by atomic mass is 10.7. The summed E-state index contributed by atoms with van der Waals surface area (Å²) in [6.45, 7) is 0. The minimum atomic E-state index is -1.89. The van der Waals surface area contributed by atoms with Crippen molar-refractivity contribution in [1.82, 2.24) is 0 Å². The summed E-state index contributed by atoms with van der Waals surface area (Å²) in [6, 6.07) is 0. The summed E-state index contributed by atoms with van der Waals surface area (Å²) >= 11 is 0. The molecule has 4 N–H and O–H groups in total. The number of aliphatic carboxylic acids is 2. The minimum absolute atomic E-state index is 0.600. The van der Waals surface area contributed by atoms with Crippen molar-refractivity contribution < 1.29 is 19.8 Å². The van der Waals surface area contributed by atoms with E-state index in [-0.39, 0.29) is 0 Å². The van der Waals surface area contributed by atoms with Gasteiger partial charge in [-0.2, -0.15) is 0 Å². The van der Waals surface area contributed by atoms with Crippen molar-refractivity contribution in [2.75, 3.05) is 12.5 Å². The molecule has 0 aromatic carbocycles. The average Bonchev–Trinajstić information content (AvgIpc) is 2.36. The Morgan fingerprint density at radius 2 is 1.65 bits per heavy atom. The van der Waals surface area contributed by atoms with Crippen LogP contribution in [0.1, 0.15) is 0 Å². The molecule has 20 heavy (non-hydrogen) atoms. The van der Waals surface area contributed by atoms with Crippen LogP contribution in [0.5, 0.6) is 0 Å². The van der Waals surface area contributed by atoms with Gasteiger partial charge in [0.25, 0.3) is 4.20 Å². The Kier molecular flexibility index (Phi) is 9.50. The molecular weight excluding hydrogens is 384 g/mol. The number of carboxylic acid groups (broad SMARTS) is 2. The van der Waals surface area contributed by atoms with Gasteiger partial charge in [0.1, 0.15) is 0 Å². The summed E-state index contributed by atoms with van der Waals surface area (Å²) in [6.07, 6.45) is 3.26. The zero-order chi connectivity index (χ0) is 15.8. The first-order valence-corrected chi connectivity index (χ1v) is 11.7. The van der Waals surface area contributed by atoms with Gasteiger partial charge in [0.2, 0.25) is 4.20 Å². The summed E-state index contributed by atoms with van der Waals surface area (Å²) in [5, 5.41) is 21.6. The van der Waals surface area contributed by atoms with E-state index < -0.39 is 20.3 Å². The van der Waals surface area contributed by atoms with Crippen molar-refractivity contribution in [1.29, 1.82) is 0 Å². The maximum Gasteiger partial charge on any atom is 0.346 e. The molecule has 14 heteroatoms. The second-order valence-corrected chi connectivity index (χ2v) is 11.0. The van der Waals surface area contributed by atoms with Crippen LogP contribution in [0.2, 0.25) is 0 Å². The van der Waals surface area contributed by atoms with Crippen LogP contribution in [0.15, 0.2) is 5.11 Å². The highest BCUT2D eigenvalue weighted by Gasteiger charge is 2.46. The number of rotatable bonds is 10. The van der Waals surface area contributed by atoms with E-state index in [2.05, 4.69) is 10.0 Å². The van der Waals surface area contributed by atoms with Crippen LogP contribution in [0.3, 0.4) is 0 Å². The highest BCUT2D eigenvalue weighted by atomic mass is 33.2. The lowest BCUT2D eigenvalue weighted by molar-refractivity contribution is -0.138. The van der Waals surface area contributed by atoms with E-state index in [4.69, 9.17) is 16.4 Å². The Morgan fingerprint density at radius 1 is 1.10 bits per heavy atom. The molecule has 0 fully saturated rings. The SMILES string of the molecule is CSSC(N)(SSC(N=[N+]=[N-])(SSC)C(=O)O)C(=O)O. The van der Waals surface area contributed by atoms with E-state index in [0.29, 0.717) is 21.6 Å². The molecule has 0 aliphatic carbocycles. The van der Waals surface area contributed by atoms with Crippen LogP contribution < -0.4 is 5.73 Å². The van der Waals surface area contributed by atoms with Gasteiger partial charge in [-0.1, -0.05) is 48.3 Å². The Morgan fingerprint density at radius 3 is 2.00 bits per heavy atom. The molecule has 0 radical (unpaired) electrons. The van der Waals surface area contributed by atoms with Gasteiger partial charge in [-0.25, -0.2) is 9.59 Å². The van der Waals surface area contributed by atoms with Crippen LogP contribution >= 0.6 is 64.8 Å². The van der Waals surface area contributed by atoms with Gasteiger partial charge in [0.15, 0.2) is 0 Å².